The van der Waals surface area contributed by atoms with Crippen LogP contribution >= 0.6 is 11.8 Å². The van der Waals surface area contributed by atoms with E-state index in [1.807, 2.05) is 4.57 Å². The van der Waals surface area contributed by atoms with Gasteiger partial charge in [0.1, 0.15) is 17.2 Å². The highest BCUT2D eigenvalue weighted by atomic mass is 32.2. The standard InChI is InChI=1S/C22H23FN6O4S/c23-13-5-3-12(4-6-13)19-26-27-22(28(19)10-15-2-1-9-33-15)34-11-16(30)17-18(24)29(14-7-8-14)21(32)25-20(17)31/h3-6,14-15H,1-2,7-11,24H2,(H,25,31,32). The summed E-state index contributed by atoms with van der Waals surface area (Å²) in [4.78, 5) is 39.7. The van der Waals surface area contributed by atoms with E-state index < -0.39 is 17.0 Å². The number of carbonyl (C=O) groups is 1. The van der Waals surface area contributed by atoms with E-state index in [0.717, 1.165) is 37.4 Å². The Balaban J connectivity index is 1.42. The Morgan fingerprint density at radius 1 is 1.21 bits per heavy atom. The van der Waals surface area contributed by atoms with Gasteiger partial charge < -0.3 is 10.5 Å². The van der Waals surface area contributed by atoms with Crippen molar-refractivity contribution in [2.24, 2.45) is 0 Å². The average molecular weight is 487 g/mol. The molecule has 0 amide bonds. The van der Waals surface area contributed by atoms with Crippen molar-refractivity contribution in [3.63, 3.8) is 0 Å². The van der Waals surface area contributed by atoms with Crippen molar-refractivity contribution in [1.82, 2.24) is 24.3 Å². The van der Waals surface area contributed by atoms with Crippen LogP contribution in [0.5, 0.6) is 0 Å². The zero-order chi connectivity index (χ0) is 23.8. The second-order valence-electron chi connectivity index (χ2n) is 8.39. The van der Waals surface area contributed by atoms with Crippen molar-refractivity contribution < 1.29 is 13.9 Å². The fourth-order valence-corrected chi connectivity index (χ4v) is 4.92. The Hall–Kier alpha value is -3.25. The number of aromatic nitrogens is 5. The number of hydrogen-bond donors (Lipinski definition) is 2. The highest BCUT2D eigenvalue weighted by Gasteiger charge is 2.30. The molecule has 0 spiro atoms. The number of benzene rings is 1. The molecule has 10 nitrogen and oxygen atoms in total. The monoisotopic (exact) mass is 486 g/mol. The molecule has 5 rings (SSSR count). The quantitative estimate of drug-likeness (QED) is 0.364. The molecule has 1 aromatic carbocycles. The molecule has 2 aromatic heterocycles. The Morgan fingerprint density at radius 2 is 1.97 bits per heavy atom. The smallest absolute Gasteiger partial charge is 0.330 e. The number of ketones is 1. The number of rotatable bonds is 8. The second-order valence-corrected chi connectivity index (χ2v) is 9.33. The van der Waals surface area contributed by atoms with Gasteiger partial charge in [-0.05, 0) is 49.9 Å². The number of Topliss-reactive ketones (excluding diaryl/α,β-unsaturated/α-hetero) is 1. The number of H-pyrrole nitrogens is 1. The molecule has 3 heterocycles. The summed E-state index contributed by atoms with van der Waals surface area (Å²) < 4.78 is 22.3. The van der Waals surface area contributed by atoms with Crippen LogP contribution in [0.3, 0.4) is 0 Å². The molecule has 2 aliphatic rings. The summed E-state index contributed by atoms with van der Waals surface area (Å²) in [5.41, 5.74) is 5.13. The molecular formula is C22H23FN6O4S. The molecule has 1 saturated heterocycles. The fourth-order valence-electron chi connectivity index (χ4n) is 4.10. The molecule has 2 fully saturated rings. The van der Waals surface area contributed by atoms with Crippen molar-refractivity contribution in [2.45, 2.75) is 49.5 Å². The van der Waals surface area contributed by atoms with Crippen LogP contribution in [0.4, 0.5) is 10.2 Å². The summed E-state index contributed by atoms with van der Waals surface area (Å²) in [6.45, 7) is 1.16. The Labute approximate surface area is 197 Å². The van der Waals surface area contributed by atoms with Crippen molar-refractivity contribution in [2.75, 3.05) is 18.1 Å². The molecule has 1 atom stereocenters. The van der Waals surface area contributed by atoms with E-state index in [0.29, 0.717) is 29.7 Å². The van der Waals surface area contributed by atoms with Crippen LogP contribution < -0.4 is 17.0 Å². The maximum atomic E-state index is 13.4. The molecule has 1 aliphatic heterocycles. The third kappa shape index (κ3) is 4.42. The molecule has 1 unspecified atom stereocenters. The Kier molecular flexibility index (Phi) is 6.09. The zero-order valence-corrected chi connectivity index (χ0v) is 19.0. The molecule has 34 heavy (non-hydrogen) atoms. The van der Waals surface area contributed by atoms with Crippen LogP contribution in [0.1, 0.15) is 42.1 Å². The molecule has 0 bridgehead atoms. The van der Waals surface area contributed by atoms with Crippen molar-refractivity contribution in [3.05, 3.63) is 56.5 Å². The van der Waals surface area contributed by atoms with Gasteiger partial charge in [-0.2, -0.15) is 0 Å². The van der Waals surface area contributed by atoms with Gasteiger partial charge in [-0.1, -0.05) is 11.8 Å². The number of aromatic amines is 1. The normalized spacial score (nSPS) is 17.9. The number of hydrogen-bond acceptors (Lipinski definition) is 8. The van der Waals surface area contributed by atoms with E-state index in [9.17, 15) is 18.8 Å². The Bertz CT molecular complexity index is 1340. The summed E-state index contributed by atoms with van der Waals surface area (Å²) >= 11 is 1.12. The number of nitrogen functional groups attached to an aromatic ring is 1. The van der Waals surface area contributed by atoms with Crippen molar-refractivity contribution >= 4 is 23.4 Å². The molecule has 178 valence electrons. The number of nitrogens with zero attached hydrogens (tertiary/aromatic N) is 4. The lowest BCUT2D eigenvalue weighted by Crippen LogP contribution is -2.36. The Morgan fingerprint density at radius 3 is 2.65 bits per heavy atom. The first kappa shape index (κ1) is 22.5. The van der Waals surface area contributed by atoms with Gasteiger partial charge in [-0.25, -0.2) is 9.18 Å². The molecule has 1 aliphatic carbocycles. The van der Waals surface area contributed by atoms with E-state index >= 15 is 0 Å². The number of halogens is 1. The summed E-state index contributed by atoms with van der Waals surface area (Å²) in [6.07, 6.45) is 3.37. The van der Waals surface area contributed by atoms with E-state index in [1.165, 1.54) is 16.7 Å². The van der Waals surface area contributed by atoms with Gasteiger partial charge >= 0.3 is 5.69 Å². The molecule has 1 saturated carbocycles. The number of carbonyl (C=O) groups excluding carboxylic acids is 1. The number of anilines is 1. The van der Waals surface area contributed by atoms with Crippen LogP contribution in [-0.4, -0.2) is 48.6 Å². The van der Waals surface area contributed by atoms with Gasteiger partial charge in [0.25, 0.3) is 5.56 Å². The predicted octanol–water partition coefficient (Wildman–Crippen LogP) is 2.01. The SMILES string of the molecule is Nc1c(C(=O)CSc2nnc(-c3ccc(F)cc3)n2CC2CCCO2)c(=O)[nH]c(=O)n1C1CC1. The van der Waals surface area contributed by atoms with Crippen LogP contribution in [0.25, 0.3) is 11.4 Å². The van der Waals surface area contributed by atoms with Gasteiger partial charge in [-0.3, -0.25) is 23.7 Å². The first-order valence-electron chi connectivity index (χ1n) is 11.0. The minimum atomic E-state index is -0.794. The topological polar surface area (TPSA) is 138 Å². The van der Waals surface area contributed by atoms with Gasteiger partial charge in [-0.15, -0.1) is 10.2 Å². The van der Waals surface area contributed by atoms with E-state index in [-0.39, 0.29) is 35.1 Å². The summed E-state index contributed by atoms with van der Waals surface area (Å²) in [5.74, 6) is -0.555. The lowest BCUT2D eigenvalue weighted by molar-refractivity contribution is 0.0953. The lowest BCUT2D eigenvalue weighted by atomic mass is 10.2. The number of thioether (sulfide) groups is 1. The summed E-state index contributed by atoms with van der Waals surface area (Å²) in [7, 11) is 0. The van der Waals surface area contributed by atoms with Crippen molar-refractivity contribution in [1.29, 1.82) is 0 Å². The van der Waals surface area contributed by atoms with Crippen LogP contribution in [0.2, 0.25) is 0 Å². The average Bonchev–Trinajstić information content (AvgIpc) is 3.34. The molecule has 3 aromatic rings. The van der Waals surface area contributed by atoms with Gasteiger partial charge in [0.15, 0.2) is 16.8 Å². The minimum Gasteiger partial charge on any atom is -0.384 e. The fraction of sp³-hybridized carbons (Fsp3) is 0.409. The molecule has 0 radical (unpaired) electrons. The highest BCUT2D eigenvalue weighted by Crippen LogP contribution is 2.35. The molecule has 12 heteroatoms. The largest absolute Gasteiger partial charge is 0.384 e. The first-order valence-corrected chi connectivity index (χ1v) is 12.0. The third-order valence-electron chi connectivity index (χ3n) is 5.93. The summed E-state index contributed by atoms with van der Waals surface area (Å²) in [6, 6.07) is 5.84. The third-order valence-corrected chi connectivity index (χ3v) is 6.90. The maximum absolute atomic E-state index is 13.4. The van der Waals surface area contributed by atoms with E-state index in [1.54, 1.807) is 12.1 Å². The zero-order valence-electron chi connectivity index (χ0n) is 18.2. The second kappa shape index (κ2) is 9.18. The minimum absolute atomic E-state index is 0.0224. The van der Waals surface area contributed by atoms with Crippen LogP contribution in [0.15, 0.2) is 39.0 Å². The molecule has 3 N–H and O–H groups in total. The first-order chi connectivity index (χ1) is 16.4. The molecular weight excluding hydrogens is 463 g/mol. The van der Waals surface area contributed by atoms with E-state index in [4.69, 9.17) is 10.5 Å². The summed E-state index contributed by atoms with van der Waals surface area (Å²) in [5, 5.41) is 8.97. The maximum Gasteiger partial charge on any atom is 0.330 e. The van der Waals surface area contributed by atoms with Gasteiger partial charge in [0.05, 0.1) is 18.4 Å². The van der Waals surface area contributed by atoms with Crippen molar-refractivity contribution in [3.8, 4) is 11.4 Å². The van der Waals surface area contributed by atoms with Gasteiger partial charge in [0, 0.05) is 18.2 Å². The highest BCUT2D eigenvalue weighted by molar-refractivity contribution is 7.99. The predicted molar refractivity (Wildman–Crippen MR) is 123 cm³/mol. The number of nitrogens with one attached hydrogen (secondary N) is 1. The van der Waals surface area contributed by atoms with Crippen LogP contribution in [-0.2, 0) is 11.3 Å². The van der Waals surface area contributed by atoms with Gasteiger partial charge in [0.2, 0.25) is 0 Å². The van der Waals surface area contributed by atoms with Crippen LogP contribution in [0, 0.1) is 5.82 Å². The number of ether oxygens (including phenoxy) is 1. The lowest BCUT2D eigenvalue weighted by Gasteiger charge is -2.15. The van der Waals surface area contributed by atoms with E-state index in [2.05, 4.69) is 15.2 Å². The number of nitrogens with two attached hydrogens (primary N) is 1.